The van der Waals surface area contributed by atoms with Crippen LogP contribution in [0.5, 0.6) is 0 Å². The van der Waals surface area contributed by atoms with Gasteiger partial charge in [0.25, 0.3) is 0 Å². The van der Waals surface area contributed by atoms with Crippen molar-refractivity contribution in [1.82, 2.24) is 10.2 Å². The summed E-state index contributed by atoms with van der Waals surface area (Å²) in [6.07, 6.45) is 1.68. The van der Waals surface area contributed by atoms with Crippen LogP contribution in [0.3, 0.4) is 0 Å². The zero-order chi connectivity index (χ0) is 13.6. The van der Waals surface area contributed by atoms with E-state index in [1.807, 2.05) is 6.92 Å². The normalized spacial score (nSPS) is 20.4. The molecule has 5 nitrogen and oxygen atoms in total. The number of hydrogen-bond donors (Lipinski definition) is 2. The fourth-order valence-corrected chi connectivity index (χ4v) is 2.22. The molecule has 0 aromatic heterocycles. The van der Waals surface area contributed by atoms with Crippen LogP contribution < -0.4 is 11.1 Å². The maximum Gasteiger partial charge on any atom is 0.236 e. The van der Waals surface area contributed by atoms with E-state index in [-0.39, 0.29) is 30.0 Å². The van der Waals surface area contributed by atoms with Crippen molar-refractivity contribution in [2.24, 2.45) is 5.73 Å². The highest BCUT2D eigenvalue weighted by molar-refractivity contribution is 5.85. The maximum absolute atomic E-state index is 11.6. The molecule has 1 atom stereocenters. The van der Waals surface area contributed by atoms with Gasteiger partial charge < -0.3 is 15.8 Å². The van der Waals surface area contributed by atoms with Gasteiger partial charge >= 0.3 is 0 Å². The molecule has 0 aromatic carbocycles. The standard InChI is InChI=1S/C13H27N3O2.ClH/c1-4-5-11(14)12(17)15-6-7-16-8-9-18-13(2,3)10-16;/h11H,4-10,14H2,1-3H3,(H,15,17);1H. The number of morpholine rings is 1. The Morgan fingerprint density at radius 1 is 1.53 bits per heavy atom. The highest BCUT2D eigenvalue weighted by atomic mass is 35.5. The van der Waals surface area contributed by atoms with Crippen LogP contribution in [0.1, 0.15) is 33.6 Å². The lowest BCUT2D eigenvalue weighted by molar-refractivity contribution is -0.122. The van der Waals surface area contributed by atoms with Crippen molar-refractivity contribution in [2.75, 3.05) is 32.8 Å². The van der Waals surface area contributed by atoms with E-state index in [9.17, 15) is 4.79 Å². The number of carbonyl (C=O) groups excluding carboxylic acids is 1. The van der Waals surface area contributed by atoms with Gasteiger partial charge in [-0.2, -0.15) is 0 Å². The summed E-state index contributed by atoms with van der Waals surface area (Å²) in [5, 5.41) is 2.90. The Morgan fingerprint density at radius 2 is 2.21 bits per heavy atom. The van der Waals surface area contributed by atoms with Crippen molar-refractivity contribution in [2.45, 2.75) is 45.3 Å². The summed E-state index contributed by atoms with van der Waals surface area (Å²) in [5.41, 5.74) is 5.66. The molecule has 3 N–H and O–H groups in total. The summed E-state index contributed by atoms with van der Waals surface area (Å²) in [5.74, 6) is -0.0376. The molecule has 1 aliphatic rings. The molecule has 0 saturated carbocycles. The van der Waals surface area contributed by atoms with Crippen LogP contribution >= 0.6 is 12.4 Å². The fraction of sp³-hybridized carbons (Fsp3) is 0.923. The first-order valence-corrected chi connectivity index (χ1v) is 6.84. The van der Waals surface area contributed by atoms with E-state index in [2.05, 4.69) is 24.1 Å². The second kappa shape index (κ2) is 8.74. The van der Waals surface area contributed by atoms with Gasteiger partial charge in [-0.1, -0.05) is 13.3 Å². The Bertz CT molecular complexity index is 275. The first kappa shape index (κ1) is 18.6. The Hall–Kier alpha value is -0.360. The van der Waals surface area contributed by atoms with E-state index in [1.54, 1.807) is 0 Å². The van der Waals surface area contributed by atoms with Crippen LogP contribution in [0.2, 0.25) is 0 Å². The Labute approximate surface area is 122 Å². The molecule has 1 aliphatic heterocycles. The third-order valence-electron chi connectivity index (χ3n) is 3.17. The minimum absolute atomic E-state index is 0. The van der Waals surface area contributed by atoms with Crippen molar-refractivity contribution in [3.8, 4) is 0 Å². The van der Waals surface area contributed by atoms with Gasteiger partial charge in [0, 0.05) is 26.2 Å². The van der Waals surface area contributed by atoms with Gasteiger partial charge in [-0.15, -0.1) is 12.4 Å². The number of rotatable bonds is 6. The lowest BCUT2D eigenvalue weighted by Crippen LogP contribution is -2.51. The monoisotopic (exact) mass is 293 g/mol. The van der Waals surface area contributed by atoms with Crippen LogP contribution in [-0.4, -0.2) is 55.2 Å². The van der Waals surface area contributed by atoms with Crippen molar-refractivity contribution >= 4 is 18.3 Å². The number of ether oxygens (including phenoxy) is 1. The molecule has 114 valence electrons. The van der Waals surface area contributed by atoms with Crippen LogP contribution in [0, 0.1) is 0 Å². The SMILES string of the molecule is CCCC(N)C(=O)NCCN1CCOC(C)(C)C1.Cl. The largest absolute Gasteiger partial charge is 0.373 e. The molecule has 1 rings (SSSR count). The summed E-state index contributed by atoms with van der Waals surface area (Å²) >= 11 is 0. The molecule has 19 heavy (non-hydrogen) atoms. The highest BCUT2D eigenvalue weighted by Crippen LogP contribution is 2.15. The van der Waals surface area contributed by atoms with E-state index in [4.69, 9.17) is 10.5 Å². The number of carbonyl (C=O) groups is 1. The van der Waals surface area contributed by atoms with Crippen molar-refractivity contribution < 1.29 is 9.53 Å². The summed E-state index contributed by atoms with van der Waals surface area (Å²) in [6.45, 7) is 10.3. The fourth-order valence-electron chi connectivity index (χ4n) is 2.22. The van der Waals surface area contributed by atoms with E-state index >= 15 is 0 Å². The number of halogens is 1. The molecule has 0 bridgehead atoms. The molecule has 1 amide bonds. The van der Waals surface area contributed by atoms with Gasteiger partial charge in [0.2, 0.25) is 5.91 Å². The minimum Gasteiger partial charge on any atom is -0.373 e. The molecule has 6 heteroatoms. The Balaban J connectivity index is 0.00000324. The van der Waals surface area contributed by atoms with Gasteiger partial charge in [0.05, 0.1) is 18.2 Å². The predicted molar refractivity (Wildman–Crippen MR) is 79.6 cm³/mol. The lowest BCUT2D eigenvalue weighted by Gasteiger charge is -2.38. The van der Waals surface area contributed by atoms with E-state index in [1.165, 1.54) is 0 Å². The molecule has 1 fully saturated rings. The first-order chi connectivity index (χ1) is 8.44. The van der Waals surface area contributed by atoms with Crippen molar-refractivity contribution in [1.29, 1.82) is 0 Å². The zero-order valence-electron chi connectivity index (χ0n) is 12.3. The van der Waals surface area contributed by atoms with E-state index in [0.29, 0.717) is 6.54 Å². The molecule has 1 heterocycles. The molecule has 0 spiro atoms. The second-order valence-corrected chi connectivity index (χ2v) is 5.57. The third kappa shape index (κ3) is 7.11. The summed E-state index contributed by atoms with van der Waals surface area (Å²) in [7, 11) is 0. The summed E-state index contributed by atoms with van der Waals surface area (Å²) in [6, 6.07) is -0.365. The van der Waals surface area contributed by atoms with E-state index < -0.39 is 0 Å². The van der Waals surface area contributed by atoms with Gasteiger partial charge in [-0.25, -0.2) is 0 Å². The number of nitrogens with two attached hydrogens (primary N) is 1. The predicted octanol–water partition coefficient (Wildman–Crippen LogP) is 0.763. The highest BCUT2D eigenvalue weighted by Gasteiger charge is 2.26. The lowest BCUT2D eigenvalue weighted by atomic mass is 10.1. The Morgan fingerprint density at radius 3 is 2.79 bits per heavy atom. The average molecular weight is 294 g/mol. The van der Waals surface area contributed by atoms with Gasteiger partial charge in [0.1, 0.15) is 0 Å². The molecule has 1 saturated heterocycles. The summed E-state index contributed by atoms with van der Waals surface area (Å²) < 4.78 is 5.64. The van der Waals surface area contributed by atoms with Gasteiger partial charge in [0.15, 0.2) is 0 Å². The van der Waals surface area contributed by atoms with Gasteiger partial charge in [-0.05, 0) is 20.3 Å². The number of hydrogen-bond acceptors (Lipinski definition) is 4. The molecule has 0 aromatic rings. The van der Waals surface area contributed by atoms with Crippen molar-refractivity contribution in [3.63, 3.8) is 0 Å². The summed E-state index contributed by atoms with van der Waals surface area (Å²) in [4.78, 5) is 13.9. The van der Waals surface area contributed by atoms with Crippen LogP contribution in [0.15, 0.2) is 0 Å². The maximum atomic E-state index is 11.6. The quantitative estimate of drug-likeness (QED) is 0.759. The molecule has 0 aliphatic carbocycles. The first-order valence-electron chi connectivity index (χ1n) is 6.84. The zero-order valence-corrected chi connectivity index (χ0v) is 13.1. The number of nitrogens with one attached hydrogen (secondary N) is 1. The van der Waals surface area contributed by atoms with Crippen LogP contribution in [0.25, 0.3) is 0 Å². The van der Waals surface area contributed by atoms with E-state index in [0.717, 1.165) is 39.1 Å². The minimum atomic E-state index is -0.365. The van der Waals surface area contributed by atoms with Crippen molar-refractivity contribution in [3.05, 3.63) is 0 Å². The molecular formula is C13H28ClN3O2. The average Bonchev–Trinajstić information content (AvgIpc) is 2.28. The smallest absolute Gasteiger partial charge is 0.236 e. The molecule has 1 unspecified atom stereocenters. The molecular weight excluding hydrogens is 266 g/mol. The second-order valence-electron chi connectivity index (χ2n) is 5.57. The van der Waals surface area contributed by atoms with Crippen LogP contribution in [-0.2, 0) is 9.53 Å². The molecule has 0 radical (unpaired) electrons. The number of amides is 1. The van der Waals surface area contributed by atoms with Crippen LogP contribution in [0.4, 0.5) is 0 Å². The number of nitrogens with zero attached hydrogens (tertiary/aromatic N) is 1. The van der Waals surface area contributed by atoms with Gasteiger partial charge in [-0.3, -0.25) is 9.69 Å². The third-order valence-corrected chi connectivity index (χ3v) is 3.17. The topological polar surface area (TPSA) is 67.6 Å². The Kier molecular flexibility index (Phi) is 8.57.